The van der Waals surface area contributed by atoms with Crippen LogP contribution in [0, 0.1) is 0 Å². The van der Waals surface area contributed by atoms with Gasteiger partial charge in [0.25, 0.3) is 0 Å². The molecule has 0 saturated heterocycles. The van der Waals surface area contributed by atoms with E-state index in [0.29, 0.717) is 6.54 Å². The first-order valence-corrected chi connectivity index (χ1v) is 7.23. The smallest absolute Gasteiger partial charge is 0.133 e. The van der Waals surface area contributed by atoms with Crippen molar-refractivity contribution in [1.82, 2.24) is 15.0 Å². The van der Waals surface area contributed by atoms with E-state index < -0.39 is 0 Å². The van der Waals surface area contributed by atoms with Gasteiger partial charge in [-0.25, -0.2) is 4.68 Å². The van der Waals surface area contributed by atoms with Crippen LogP contribution in [0.3, 0.4) is 0 Å². The van der Waals surface area contributed by atoms with E-state index in [2.05, 4.69) is 26.2 Å². The Morgan fingerprint density at radius 1 is 1.47 bits per heavy atom. The van der Waals surface area contributed by atoms with E-state index in [9.17, 15) is 0 Å². The average molecular weight is 345 g/mol. The summed E-state index contributed by atoms with van der Waals surface area (Å²) in [4.78, 5) is 0. The summed E-state index contributed by atoms with van der Waals surface area (Å²) in [7, 11) is 1.65. The maximum Gasteiger partial charge on any atom is 0.133 e. The van der Waals surface area contributed by atoms with Gasteiger partial charge >= 0.3 is 0 Å². The quantitative estimate of drug-likeness (QED) is 0.775. The van der Waals surface area contributed by atoms with Crippen LogP contribution in [0.25, 0.3) is 0 Å². The summed E-state index contributed by atoms with van der Waals surface area (Å²) in [5, 5.41) is 8.10. The Hall–Kier alpha value is -1.07. The number of hydrogen-bond acceptors (Lipinski definition) is 3. The molecule has 0 aliphatic heterocycles. The van der Waals surface area contributed by atoms with Crippen LogP contribution in [0.15, 0.2) is 28.9 Å². The predicted octanol–water partition coefficient (Wildman–Crippen LogP) is 3.79. The van der Waals surface area contributed by atoms with Gasteiger partial charge in [0, 0.05) is 0 Å². The Balaban J connectivity index is 2.12. The lowest BCUT2D eigenvalue weighted by Gasteiger charge is -2.06. The number of benzene rings is 1. The van der Waals surface area contributed by atoms with Crippen LogP contribution in [-0.4, -0.2) is 22.1 Å². The number of nitrogens with zero attached hydrogens (tertiary/aromatic N) is 3. The highest BCUT2D eigenvalue weighted by Gasteiger charge is 2.10. The minimum Gasteiger partial charge on any atom is -0.496 e. The van der Waals surface area contributed by atoms with E-state index in [-0.39, 0.29) is 5.38 Å². The Morgan fingerprint density at radius 3 is 2.89 bits per heavy atom. The minimum atomic E-state index is -0.0728. The zero-order valence-electron chi connectivity index (χ0n) is 10.8. The molecule has 19 heavy (non-hydrogen) atoms. The standard InChI is InChI=1S/C13H15BrClN3O/c1-3-11(15)12-8-18(17-16-12)7-9-4-5-13(19-2)10(14)6-9/h4-6,8,11H,3,7H2,1-2H3. The molecule has 0 N–H and O–H groups in total. The molecule has 0 fully saturated rings. The topological polar surface area (TPSA) is 39.9 Å². The van der Waals surface area contributed by atoms with E-state index in [1.54, 1.807) is 11.8 Å². The molecule has 1 aromatic carbocycles. The molecule has 0 bridgehead atoms. The van der Waals surface area contributed by atoms with Crippen molar-refractivity contribution < 1.29 is 4.74 Å². The fourth-order valence-corrected chi connectivity index (χ4v) is 2.43. The maximum absolute atomic E-state index is 6.13. The van der Waals surface area contributed by atoms with Crippen molar-refractivity contribution >= 4 is 27.5 Å². The third kappa shape index (κ3) is 3.48. The van der Waals surface area contributed by atoms with Crippen molar-refractivity contribution in [2.75, 3.05) is 7.11 Å². The number of ether oxygens (including phenoxy) is 1. The van der Waals surface area contributed by atoms with Crippen LogP contribution < -0.4 is 4.74 Å². The van der Waals surface area contributed by atoms with E-state index in [1.165, 1.54) is 0 Å². The molecule has 6 heteroatoms. The van der Waals surface area contributed by atoms with Crippen molar-refractivity contribution in [2.24, 2.45) is 0 Å². The molecule has 1 atom stereocenters. The van der Waals surface area contributed by atoms with Gasteiger partial charge in [-0.1, -0.05) is 18.2 Å². The highest BCUT2D eigenvalue weighted by atomic mass is 79.9. The zero-order chi connectivity index (χ0) is 13.8. The highest BCUT2D eigenvalue weighted by molar-refractivity contribution is 9.10. The van der Waals surface area contributed by atoms with Gasteiger partial charge in [-0.2, -0.15) is 0 Å². The first-order chi connectivity index (χ1) is 9.13. The normalized spacial score (nSPS) is 12.4. The Labute approximate surface area is 125 Å². The van der Waals surface area contributed by atoms with Gasteiger partial charge in [0.15, 0.2) is 0 Å². The van der Waals surface area contributed by atoms with Crippen LogP contribution in [0.2, 0.25) is 0 Å². The second kappa shape index (κ2) is 6.39. The fraction of sp³-hybridized carbons (Fsp3) is 0.385. The second-order valence-corrected chi connectivity index (χ2v) is 5.57. The van der Waals surface area contributed by atoms with E-state index in [4.69, 9.17) is 16.3 Å². The van der Waals surface area contributed by atoms with Gasteiger partial charge in [-0.15, -0.1) is 16.7 Å². The van der Waals surface area contributed by atoms with Crippen molar-refractivity contribution in [2.45, 2.75) is 25.3 Å². The molecule has 2 rings (SSSR count). The summed E-state index contributed by atoms with van der Waals surface area (Å²) in [5.41, 5.74) is 1.93. The van der Waals surface area contributed by atoms with E-state index >= 15 is 0 Å². The molecule has 4 nitrogen and oxygen atoms in total. The van der Waals surface area contributed by atoms with Gasteiger partial charge in [-0.3, -0.25) is 0 Å². The molecule has 1 heterocycles. The summed E-state index contributed by atoms with van der Waals surface area (Å²) in [6.45, 7) is 2.68. The molecule has 0 saturated carbocycles. The molecule has 0 spiro atoms. The summed E-state index contributed by atoms with van der Waals surface area (Å²) in [5.74, 6) is 0.815. The molecular formula is C13H15BrClN3O. The summed E-state index contributed by atoms with van der Waals surface area (Å²) >= 11 is 9.60. The predicted molar refractivity (Wildman–Crippen MR) is 78.7 cm³/mol. The highest BCUT2D eigenvalue weighted by Crippen LogP contribution is 2.26. The van der Waals surface area contributed by atoms with Crippen LogP contribution >= 0.6 is 27.5 Å². The van der Waals surface area contributed by atoms with E-state index in [0.717, 1.165) is 27.9 Å². The van der Waals surface area contributed by atoms with Crippen molar-refractivity contribution in [1.29, 1.82) is 0 Å². The molecule has 0 radical (unpaired) electrons. The first kappa shape index (κ1) is 14.3. The SMILES string of the molecule is CCC(Cl)c1cn(Cc2ccc(OC)c(Br)c2)nn1. The lowest BCUT2D eigenvalue weighted by Crippen LogP contribution is -2.00. The lowest BCUT2D eigenvalue weighted by atomic mass is 10.2. The summed E-state index contributed by atoms with van der Waals surface area (Å²) < 4.78 is 7.91. The fourth-order valence-electron chi connectivity index (χ4n) is 1.74. The van der Waals surface area contributed by atoms with Gasteiger partial charge in [0.2, 0.25) is 0 Å². The Kier molecular flexibility index (Phi) is 4.82. The molecule has 0 amide bonds. The van der Waals surface area contributed by atoms with Crippen molar-refractivity contribution in [3.63, 3.8) is 0 Å². The lowest BCUT2D eigenvalue weighted by molar-refractivity contribution is 0.412. The van der Waals surface area contributed by atoms with E-state index in [1.807, 2.05) is 31.3 Å². The Morgan fingerprint density at radius 2 is 2.26 bits per heavy atom. The summed E-state index contributed by atoms with van der Waals surface area (Å²) in [6.07, 6.45) is 2.73. The number of hydrogen-bond donors (Lipinski definition) is 0. The molecule has 1 aromatic heterocycles. The molecule has 1 unspecified atom stereocenters. The van der Waals surface area contributed by atoms with Crippen LogP contribution in [-0.2, 0) is 6.54 Å². The van der Waals surface area contributed by atoms with Crippen LogP contribution in [0.4, 0.5) is 0 Å². The summed E-state index contributed by atoms with van der Waals surface area (Å²) in [6, 6.07) is 5.94. The van der Waals surface area contributed by atoms with Gasteiger partial charge in [-0.05, 0) is 40.0 Å². The molecule has 0 aliphatic carbocycles. The molecule has 2 aromatic rings. The minimum absolute atomic E-state index is 0.0728. The van der Waals surface area contributed by atoms with Crippen LogP contribution in [0.1, 0.15) is 30.0 Å². The number of halogens is 2. The number of rotatable bonds is 5. The van der Waals surface area contributed by atoms with Gasteiger partial charge in [0.1, 0.15) is 11.4 Å². The largest absolute Gasteiger partial charge is 0.496 e. The third-order valence-corrected chi connectivity index (χ3v) is 3.95. The van der Waals surface area contributed by atoms with Crippen molar-refractivity contribution in [3.8, 4) is 5.75 Å². The monoisotopic (exact) mass is 343 g/mol. The molecule has 102 valence electrons. The maximum atomic E-state index is 6.13. The molecular weight excluding hydrogens is 330 g/mol. The number of alkyl halides is 1. The average Bonchev–Trinajstić information content (AvgIpc) is 2.86. The third-order valence-electron chi connectivity index (χ3n) is 2.80. The van der Waals surface area contributed by atoms with Gasteiger partial charge < -0.3 is 4.74 Å². The number of methoxy groups -OCH3 is 1. The van der Waals surface area contributed by atoms with Gasteiger partial charge in [0.05, 0.1) is 29.7 Å². The molecule has 0 aliphatic rings. The Bertz CT molecular complexity index is 559. The van der Waals surface area contributed by atoms with Crippen LogP contribution in [0.5, 0.6) is 5.75 Å². The number of aromatic nitrogens is 3. The second-order valence-electron chi connectivity index (χ2n) is 4.19. The zero-order valence-corrected chi connectivity index (χ0v) is 13.1. The first-order valence-electron chi connectivity index (χ1n) is 6.00. The van der Waals surface area contributed by atoms with Crippen molar-refractivity contribution in [3.05, 3.63) is 40.1 Å².